The highest BCUT2D eigenvalue weighted by Gasteiger charge is 2.32. The van der Waals surface area contributed by atoms with Gasteiger partial charge in [-0.15, -0.1) is 11.3 Å². The molecule has 2 rings (SSSR count). The molecule has 0 saturated heterocycles. The van der Waals surface area contributed by atoms with Gasteiger partial charge >= 0.3 is 0 Å². The molecule has 0 unspecified atom stereocenters. The van der Waals surface area contributed by atoms with Crippen molar-refractivity contribution in [1.29, 1.82) is 0 Å². The monoisotopic (exact) mass is 193 g/mol. The van der Waals surface area contributed by atoms with E-state index >= 15 is 0 Å². The SMILES string of the molecule is CNCC1(c2cccs2)CC=CC1. The molecule has 0 saturated carbocycles. The molecule has 0 bridgehead atoms. The summed E-state index contributed by atoms with van der Waals surface area (Å²) >= 11 is 1.88. The summed E-state index contributed by atoms with van der Waals surface area (Å²) in [4.78, 5) is 1.52. The molecule has 70 valence electrons. The zero-order chi connectivity index (χ0) is 9.15. The molecule has 0 aliphatic heterocycles. The van der Waals surface area contributed by atoms with E-state index in [1.54, 1.807) is 0 Å². The fraction of sp³-hybridized carbons (Fsp3) is 0.455. The van der Waals surface area contributed by atoms with E-state index in [0.29, 0.717) is 5.41 Å². The van der Waals surface area contributed by atoms with Gasteiger partial charge < -0.3 is 5.32 Å². The summed E-state index contributed by atoms with van der Waals surface area (Å²) in [6, 6.07) is 4.41. The highest BCUT2D eigenvalue weighted by molar-refractivity contribution is 7.10. The van der Waals surface area contributed by atoms with Crippen molar-refractivity contribution in [2.24, 2.45) is 0 Å². The molecule has 13 heavy (non-hydrogen) atoms. The molecule has 1 aromatic heterocycles. The van der Waals surface area contributed by atoms with Crippen LogP contribution in [0, 0.1) is 0 Å². The number of rotatable bonds is 3. The van der Waals surface area contributed by atoms with Crippen LogP contribution in [0.3, 0.4) is 0 Å². The molecule has 2 heteroatoms. The van der Waals surface area contributed by atoms with E-state index in [1.165, 1.54) is 17.7 Å². The third-order valence-electron chi connectivity index (χ3n) is 2.74. The maximum Gasteiger partial charge on any atom is 0.0240 e. The zero-order valence-electron chi connectivity index (χ0n) is 7.92. The molecule has 1 aromatic rings. The molecule has 0 spiro atoms. The quantitative estimate of drug-likeness (QED) is 0.727. The van der Waals surface area contributed by atoms with Gasteiger partial charge in [0.15, 0.2) is 0 Å². The van der Waals surface area contributed by atoms with Crippen molar-refractivity contribution in [2.45, 2.75) is 18.3 Å². The molecule has 1 heterocycles. The third kappa shape index (κ3) is 1.56. The average Bonchev–Trinajstić information content (AvgIpc) is 2.73. The minimum Gasteiger partial charge on any atom is -0.319 e. The normalized spacial score (nSPS) is 19.5. The molecule has 0 aromatic carbocycles. The first-order valence-corrected chi connectivity index (χ1v) is 5.59. The Morgan fingerprint density at radius 2 is 2.23 bits per heavy atom. The van der Waals surface area contributed by atoms with Crippen LogP contribution in [-0.2, 0) is 5.41 Å². The van der Waals surface area contributed by atoms with Gasteiger partial charge in [-0.2, -0.15) is 0 Å². The Bertz CT molecular complexity index is 279. The summed E-state index contributed by atoms with van der Waals surface area (Å²) in [5.74, 6) is 0. The molecule has 1 N–H and O–H groups in total. The number of hydrogen-bond donors (Lipinski definition) is 1. The number of allylic oxidation sites excluding steroid dienone is 2. The molecular formula is C11H15NS. The van der Waals surface area contributed by atoms with E-state index in [9.17, 15) is 0 Å². The van der Waals surface area contributed by atoms with Crippen LogP contribution in [0.1, 0.15) is 17.7 Å². The highest BCUT2D eigenvalue weighted by atomic mass is 32.1. The van der Waals surface area contributed by atoms with E-state index in [1.807, 2.05) is 18.4 Å². The second-order valence-corrected chi connectivity index (χ2v) is 4.62. The number of likely N-dealkylation sites (N-methyl/N-ethyl adjacent to an activating group) is 1. The van der Waals surface area contributed by atoms with Crippen molar-refractivity contribution in [3.05, 3.63) is 34.5 Å². The largest absolute Gasteiger partial charge is 0.319 e. The van der Waals surface area contributed by atoms with Gasteiger partial charge in [-0.05, 0) is 31.3 Å². The maximum absolute atomic E-state index is 3.31. The number of hydrogen-bond acceptors (Lipinski definition) is 2. The average molecular weight is 193 g/mol. The highest BCUT2D eigenvalue weighted by Crippen LogP contribution is 2.38. The molecule has 1 aliphatic carbocycles. The van der Waals surface area contributed by atoms with Gasteiger partial charge in [-0.1, -0.05) is 18.2 Å². The van der Waals surface area contributed by atoms with Crippen LogP contribution < -0.4 is 5.32 Å². The molecule has 1 aliphatic rings. The van der Waals surface area contributed by atoms with Crippen LogP contribution in [0.4, 0.5) is 0 Å². The topological polar surface area (TPSA) is 12.0 Å². The maximum atomic E-state index is 3.31. The van der Waals surface area contributed by atoms with Crippen LogP contribution in [-0.4, -0.2) is 13.6 Å². The van der Waals surface area contributed by atoms with E-state index in [4.69, 9.17) is 0 Å². The van der Waals surface area contributed by atoms with Gasteiger partial charge in [0, 0.05) is 16.8 Å². The van der Waals surface area contributed by atoms with Gasteiger partial charge in [0.05, 0.1) is 0 Å². The lowest BCUT2D eigenvalue weighted by Gasteiger charge is -2.27. The summed E-state index contributed by atoms with van der Waals surface area (Å²) in [5, 5.41) is 5.48. The van der Waals surface area contributed by atoms with E-state index < -0.39 is 0 Å². The molecule has 0 amide bonds. The van der Waals surface area contributed by atoms with Crippen LogP contribution in [0.5, 0.6) is 0 Å². The minimum atomic E-state index is 0.364. The van der Waals surface area contributed by atoms with E-state index in [-0.39, 0.29) is 0 Å². The molecule has 0 radical (unpaired) electrons. The van der Waals surface area contributed by atoms with Crippen LogP contribution in [0.15, 0.2) is 29.7 Å². The van der Waals surface area contributed by atoms with Gasteiger partial charge in [0.1, 0.15) is 0 Å². The Kier molecular flexibility index (Phi) is 2.51. The first-order chi connectivity index (χ1) is 6.37. The lowest BCUT2D eigenvalue weighted by molar-refractivity contribution is 0.444. The molecule has 0 fully saturated rings. The molecular weight excluding hydrogens is 178 g/mol. The summed E-state index contributed by atoms with van der Waals surface area (Å²) in [6.45, 7) is 1.08. The number of nitrogens with one attached hydrogen (secondary N) is 1. The van der Waals surface area contributed by atoms with Crippen LogP contribution in [0.2, 0.25) is 0 Å². The Hall–Kier alpha value is -0.600. The van der Waals surface area contributed by atoms with Gasteiger partial charge in [0.2, 0.25) is 0 Å². The first kappa shape index (κ1) is 8.97. The standard InChI is InChI=1S/C11H15NS/c1-12-9-11(6-2-3-7-11)10-5-4-8-13-10/h2-5,8,12H,6-7,9H2,1H3. The van der Waals surface area contributed by atoms with Crippen molar-refractivity contribution in [1.82, 2.24) is 5.32 Å². The second kappa shape index (κ2) is 3.64. The van der Waals surface area contributed by atoms with E-state index in [0.717, 1.165) is 6.54 Å². The van der Waals surface area contributed by atoms with Gasteiger partial charge in [-0.3, -0.25) is 0 Å². The van der Waals surface area contributed by atoms with E-state index in [2.05, 4.69) is 35.0 Å². The first-order valence-electron chi connectivity index (χ1n) is 4.71. The molecule has 1 nitrogen and oxygen atoms in total. The van der Waals surface area contributed by atoms with Gasteiger partial charge in [-0.25, -0.2) is 0 Å². The lowest BCUT2D eigenvalue weighted by atomic mass is 9.84. The fourth-order valence-electron chi connectivity index (χ4n) is 2.05. The van der Waals surface area contributed by atoms with Crippen molar-refractivity contribution >= 4 is 11.3 Å². The van der Waals surface area contributed by atoms with Crippen molar-refractivity contribution in [3.8, 4) is 0 Å². The lowest BCUT2D eigenvalue weighted by Crippen LogP contribution is -2.33. The smallest absolute Gasteiger partial charge is 0.0240 e. The summed E-state index contributed by atoms with van der Waals surface area (Å²) in [7, 11) is 2.04. The van der Waals surface area contributed by atoms with Crippen molar-refractivity contribution in [2.75, 3.05) is 13.6 Å². The summed E-state index contributed by atoms with van der Waals surface area (Å²) in [5.41, 5.74) is 0.364. The molecule has 0 atom stereocenters. The third-order valence-corrected chi connectivity index (χ3v) is 3.86. The Morgan fingerprint density at radius 1 is 1.46 bits per heavy atom. The summed E-state index contributed by atoms with van der Waals surface area (Å²) in [6.07, 6.45) is 6.98. The number of thiophene rings is 1. The Balaban J connectivity index is 2.24. The Morgan fingerprint density at radius 3 is 2.77 bits per heavy atom. The van der Waals surface area contributed by atoms with Crippen LogP contribution in [0.25, 0.3) is 0 Å². The Labute approximate surface area is 83.5 Å². The fourth-order valence-corrected chi connectivity index (χ4v) is 3.00. The van der Waals surface area contributed by atoms with Crippen LogP contribution >= 0.6 is 11.3 Å². The summed E-state index contributed by atoms with van der Waals surface area (Å²) < 4.78 is 0. The zero-order valence-corrected chi connectivity index (χ0v) is 8.73. The van der Waals surface area contributed by atoms with Gasteiger partial charge in [0.25, 0.3) is 0 Å². The minimum absolute atomic E-state index is 0.364. The van der Waals surface area contributed by atoms with Crippen molar-refractivity contribution < 1.29 is 0 Å². The predicted octanol–water partition coefficient (Wildman–Crippen LogP) is 2.56. The van der Waals surface area contributed by atoms with Crippen molar-refractivity contribution in [3.63, 3.8) is 0 Å². The second-order valence-electron chi connectivity index (χ2n) is 3.67. The predicted molar refractivity (Wildman–Crippen MR) is 58.3 cm³/mol.